The molecule has 0 spiro atoms. The zero-order chi connectivity index (χ0) is 11.8. The standard InChI is InChI=1S/C14H8FNO/c15-14(17)13-9-5-1-3-7-11(9)16-12-8-4-2-6-10(12)13/h1-8H. The zero-order valence-corrected chi connectivity index (χ0v) is 8.85. The number of carbonyl (C=O) groups is 1. The van der Waals surface area contributed by atoms with Crippen LogP contribution in [0.15, 0.2) is 48.5 Å². The Morgan fingerprint density at radius 1 is 0.882 bits per heavy atom. The first-order valence-electron chi connectivity index (χ1n) is 5.25. The van der Waals surface area contributed by atoms with Crippen molar-refractivity contribution in [2.75, 3.05) is 0 Å². The molecule has 1 aromatic heterocycles. The molecule has 0 saturated carbocycles. The van der Waals surface area contributed by atoms with E-state index in [9.17, 15) is 9.18 Å². The van der Waals surface area contributed by atoms with Crippen molar-refractivity contribution < 1.29 is 9.18 Å². The van der Waals surface area contributed by atoms with Crippen molar-refractivity contribution in [3.63, 3.8) is 0 Å². The molecule has 3 aromatic rings. The zero-order valence-electron chi connectivity index (χ0n) is 8.85. The number of hydrogen-bond acceptors (Lipinski definition) is 2. The summed E-state index contributed by atoms with van der Waals surface area (Å²) in [4.78, 5) is 15.6. The molecule has 2 nitrogen and oxygen atoms in total. The van der Waals surface area contributed by atoms with Crippen LogP contribution in [0.3, 0.4) is 0 Å². The van der Waals surface area contributed by atoms with Gasteiger partial charge in [-0.15, -0.1) is 0 Å². The smallest absolute Gasteiger partial charge is 0.255 e. The molecule has 2 aromatic carbocycles. The van der Waals surface area contributed by atoms with Crippen LogP contribution in [0.4, 0.5) is 4.39 Å². The lowest BCUT2D eigenvalue weighted by Crippen LogP contribution is -1.96. The van der Waals surface area contributed by atoms with Crippen LogP contribution in [-0.4, -0.2) is 11.0 Å². The average Bonchev–Trinajstić information content (AvgIpc) is 2.35. The summed E-state index contributed by atoms with van der Waals surface area (Å²) in [6.45, 7) is 0. The average molecular weight is 225 g/mol. The van der Waals surface area contributed by atoms with E-state index >= 15 is 0 Å². The van der Waals surface area contributed by atoms with E-state index in [1.54, 1.807) is 36.4 Å². The molecule has 0 N–H and O–H groups in total. The van der Waals surface area contributed by atoms with E-state index < -0.39 is 6.04 Å². The van der Waals surface area contributed by atoms with Crippen LogP contribution in [0.2, 0.25) is 0 Å². The van der Waals surface area contributed by atoms with Gasteiger partial charge in [0.2, 0.25) is 0 Å². The minimum Gasteiger partial charge on any atom is -0.255 e. The van der Waals surface area contributed by atoms with E-state index in [1.807, 2.05) is 12.1 Å². The highest BCUT2D eigenvalue weighted by Crippen LogP contribution is 2.26. The summed E-state index contributed by atoms with van der Waals surface area (Å²) in [6, 6.07) is 12.7. The highest BCUT2D eigenvalue weighted by molar-refractivity contribution is 6.13. The Balaban J connectivity index is 2.61. The van der Waals surface area contributed by atoms with Crippen LogP contribution in [0.25, 0.3) is 21.8 Å². The van der Waals surface area contributed by atoms with Crippen molar-refractivity contribution in [1.82, 2.24) is 4.98 Å². The normalized spacial score (nSPS) is 10.9. The maximum absolute atomic E-state index is 13.2. The van der Waals surface area contributed by atoms with Gasteiger partial charge in [0.1, 0.15) is 0 Å². The molecule has 17 heavy (non-hydrogen) atoms. The first-order chi connectivity index (χ1) is 8.27. The number of nitrogens with zero attached hydrogens (tertiary/aromatic N) is 1. The first-order valence-corrected chi connectivity index (χ1v) is 5.25. The molecule has 0 unspecified atom stereocenters. The number of pyridine rings is 1. The lowest BCUT2D eigenvalue weighted by molar-refractivity contribution is 0.0839. The fourth-order valence-electron chi connectivity index (χ4n) is 2.05. The Bertz CT molecular complexity index is 682. The molecule has 82 valence electrons. The van der Waals surface area contributed by atoms with Crippen molar-refractivity contribution in [3.05, 3.63) is 54.1 Å². The van der Waals surface area contributed by atoms with Crippen LogP contribution in [-0.2, 0) is 0 Å². The monoisotopic (exact) mass is 225 g/mol. The molecule has 0 aliphatic rings. The Morgan fingerprint density at radius 3 is 1.82 bits per heavy atom. The molecule has 0 atom stereocenters. The molecular formula is C14H8FNO. The third-order valence-electron chi connectivity index (χ3n) is 2.78. The van der Waals surface area contributed by atoms with Crippen LogP contribution in [0.5, 0.6) is 0 Å². The van der Waals surface area contributed by atoms with Crippen LogP contribution >= 0.6 is 0 Å². The Morgan fingerprint density at radius 2 is 1.35 bits per heavy atom. The maximum atomic E-state index is 13.2. The highest BCUT2D eigenvalue weighted by Gasteiger charge is 2.14. The van der Waals surface area contributed by atoms with Crippen molar-refractivity contribution in [2.45, 2.75) is 0 Å². The van der Waals surface area contributed by atoms with Crippen molar-refractivity contribution >= 4 is 27.8 Å². The quantitative estimate of drug-likeness (QED) is 0.468. The first kappa shape index (κ1) is 9.90. The molecule has 0 radical (unpaired) electrons. The summed E-state index contributed by atoms with van der Waals surface area (Å²) < 4.78 is 13.2. The fraction of sp³-hybridized carbons (Fsp3) is 0. The SMILES string of the molecule is O=C(F)c1c2ccccc2nc2ccccc12. The summed E-state index contributed by atoms with van der Waals surface area (Å²) in [7, 11) is 0. The second-order valence-corrected chi connectivity index (χ2v) is 3.79. The fourth-order valence-corrected chi connectivity index (χ4v) is 2.05. The molecule has 0 fully saturated rings. The number of para-hydroxylation sites is 2. The predicted octanol–water partition coefficient (Wildman–Crippen LogP) is 3.50. The second kappa shape index (κ2) is 3.63. The topological polar surface area (TPSA) is 30.0 Å². The molecule has 3 rings (SSSR count). The van der Waals surface area contributed by atoms with Crippen LogP contribution < -0.4 is 0 Å². The van der Waals surface area contributed by atoms with Gasteiger partial charge in [-0.1, -0.05) is 36.4 Å². The third kappa shape index (κ3) is 1.47. The molecule has 3 heteroatoms. The third-order valence-corrected chi connectivity index (χ3v) is 2.78. The number of carbonyl (C=O) groups excluding carboxylic acids is 1. The largest absolute Gasteiger partial charge is 0.333 e. The van der Waals surface area contributed by atoms with E-state index in [0.717, 1.165) is 0 Å². The number of benzene rings is 2. The van der Waals surface area contributed by atoms with E-state index in [-0.39, 0.29) is 5.56 Å². The summed E-state index contributed by atoms with van der Waals surface area (Å²) >= 11 is 0. The molecular weight excluding hydrogens is 217 g/mol. The number of aromatic nitrogens is 1. The van der Waals surface area contributed by atoms with Gasteiger partial charge in [-0.3, -0.25) is 4.79 Å². The number of rotatable bonds is 1. The maximum Gasteiger partial charge on any atom is 0.333 e. The lowest BCUT2D eigenvalue weighted by Gasteiger charge is -2.05. The van der Waals surface area contributed by atoms with Gasteiger partial charge in [0.15, 0.2) is 0 Å². The summed E-state index contributed by atoms with van der Waals surface area (Å²) in [6.07, 6.45) is 0. The minimum absolute atomic E-state index is 0.103. The molecule has 1 heterocycles. The summed E-state index contributed by atoms with van der Waals surface area (Å²) in [5, 5.41) is 1.11. The van der Waals surface area contributed by atoms with Gasteiger partial charge in [0.25, 0.3) is 0 Å². The minimum atomic E-state index is -1.42. The van der Waals surface area contributed by atoms with Gasteiger partial charge in [-0.05, 0) is 12.1 Å². The lowest BCUT2D eigenvalue weighted by atomic mass is 10.0. The Hall–Kier alpha value is -2.29. The summed E-state index contributed by atoms with van der Waals surface area (Å²) in [5.74, 6) is 0. The van der Waals surface area contributed by atoms with Gasteiger partial charge in [-0.2, -0.15) is 4.39 Å². The van der Waals surface area contributed by atoms with Crippen molar-refractivity contribution in [2.24, 2.45) is 0 Å². The molecule has 0 aliphatic carbocycles. The highest BCUT2D eigenvalue weighted by atomic mass is 19.1. The van der Waals surface area contributed by atoms with E-state index in [0.29, 0.717) is 21.8 Å². The van der Waals surface area contributed by atoms with Gasteiger partial charge >= 0.3 is 6.04 Å². The number of fused-ring (bicyclic) bond motifs is 2. The molecule has 0 amide bonds. The van der Waals surface area contributed by atoms with Gasteiger partial charge in [0.05, 0.1) is 16.6 Å². The molecule has 0 aliphatic heterocycles. The van der Waals surface area contributed by atoms with E-state index in [4.69, 9.17) is 0 Å². The predicted molar refractivity (Wildman–Crippen MR) is 64.7 cm³/mol. The van der Waals surface area contributed by atoms with Gasteiger partial charge in [-0.25, -0.2) is 4.98 Å². The van der Waals surface area contributed by atoms with Crippen LogP contribution in [0.1, 0.15) is 10.4 Å². The Labute approximate surface area is 96.7 Å². The summed E-state index contributed by atoms with van der Waals surface area (Å²) in [5.41, 5.74) is 1.37. The number of halogens is 1. The van der Waals surface area contributed by atoms with Crippen LogP contribution in [0, 0.1) is 0 Å². The Kier molecular flexibility index (Phi) is 2.11. The van der Waals surface area contributed by atoms with E-state index in [1.165, 1.54) is 0 Å². The van der Waals surface area contributed by atoms with Crippen molar-refractivity contribution in [3.8, 4) is 0 Å². The van der Waals surface area contributed by atoms with E-state index in [2.05, 4.69) is 4.98 Å². The van der Waals surface area contributed by atoms with Gasteiger partial charge < -0.3 is 0 Å². The van der Waals surface area contributed by atoms with Gasteiger partial charge in [0, 0.05) is 10.8 Å². The second-order valence-electron chi connectivity index (χ2n) is 3.79. The molecule has 0 bridgehead atoms. The molecule has 0 saturated heterocycles. The number of hydrogen-bond donors (Lipinski definition) is 0. The van der Waals surface area contributed by atoms with Crippen molar-refractivity contribution in [1.29, 1.82) is 0 Å².